The largest absolute Gasteiger partial charge is 0.489 e. The van der Waals surface area contributed by atoms with E-state index in [4.69, 9.17) is 4.74 Å². The zero-order valence-electron chi connectivity index (χ0n) is 15.4. The van der Waals surface area contributed by atoms with Crippen LogP contribution in [0.15, 0.2) is 60.7 Å². The first-order valence-electron chi connectivity index (χ1n) is 9.00. The molecule has 3 aromatic rings. The molecule has 2 aromatic carbocycles. The van der Waals surface area contributed by atoms with Crippen LogP contribution in [0.3, 0.4) is 0 Å². The van der Waals surface area contributed by atoms with Crippen molar-refractivity contribution in [3.05, 3.63) is 77.6 Å². The minimum Gasteiger partial charge on any atom is -0.489 e. The van der Waals surface area contributed by atoms with Crippen molar-refractivity contribution >= 4 is 17.5 Å². The van der Waals surface area contributed by atoms with Gasteiger partial charge in [0.25, 0.3) is 11.8 Å². The van der Waals surface area contributed by atoms with Gasteiger partial charge in [0.2, 0.25) is 0 Å². The Bertz CT molecular complexity index is 1000. The van der Waals surface area contributed by atoms with Gasteiger partial charge in [-0.05, 0) is 23.8 Å². The van der Waals surface area contributed by atoms with Crippen LogP contribution in [0, 0.1) is 0 Å². The van der Waals surface area contributed by atoms with Gasteiger partial charge in [-0.2, -0.15) is 5.10 Å². The average molecular weight is 376 g/mol. The van der Waals surface area contributed by atoms with Crippen molar-refractivity contribution in [1.29, 1.82) is 0 Å². The number of aromatic nitrogens is 2. The van der Waals surface area contributed by atoms with Crippen molar-refractivity contribution in [1.82, 2.24) is 15.5 Å². The molecule has 0 bridgehead atoms. The van der Waals surface area contributed by atoms with Crippen molar-refractivity contribution in [3.63, 3.8) is 0 Å². The maximum absolute atomic E-state index is 12.7. The fourth-order valence-electron chi connectivity index (χ4n) is 3.17. The first kappa shape index (κ1) is 17.8. The Hall–Kier alpha value is -3.61. The first-order chi connectivity index (χ1) is 13.6. The summed E-state index contributed by atoms with van der Waals surface area (Å²) in [6.07, 6.45) is 0.643. The number of carbonyl (C=O) groups excluding carboxylic acids is 2. The fourth-order valence-corrected chi connectivity index (χ4v) is 3.17. The van der Waals surface area contributed by atoms with Crippen molar-refractivity contribution in [2.75, 3.05) is 18.6 Å². The zero-order chi connectivity index (χ0) is 19.5. The quantitative estimate of drug-likeness (QED) is 0.730. The highest BCUT2D eigenvalue weighted by molar-refractivity contribution is 6.02. The number of nitrogens with one attached hydrogen (secondary N) is 2. The van der Waals surface area contributed by atoms with Crippen LogP contribution in [-0.2, 0) is 11.2 Å². The summed E-state index contributed by atoms with van der Waals surface area (Å²) in [4.78, 5) is 26.8. The van der Waals surface area contributed by atoms with Crippen LogP contribution in [0.2, 0.25) is 0 Å². The second-order valence-corrected chi connectivity index (χ2v) is 6.64. The first-order valence-corrected chi connectivity index (χ1v) is 9.00. The van der Waals surface area contributed by atoms with Crippen molar-refractivity contribution in [3.8, 4) is 5.75 Å². The summed E-state index contributed by atoms with van der Waals surface area (Å²) in [5.41, 5.74) is 2.85. The number of ether oxygens (including phenoxy) is 1. The molecule has 7 nitrogen and oxygen atoms in total. The van der Waals surface area contributed by atoms with Gasteiger partial charge >= 0.3 is 0 Å². The second-order valence-electron chi connectivity index (χ2n) is 6.64. The molecular formula is C21H20N4O3. The molecule has 1 aromatic heterocycles. The molecule has 1 atom stereocenters. The maximum atomic E-state index is 12.7. The number of para-hydroxylation sites is 2. The van der Waals surface area contributed by atoms with E-state index in [9.17, 15) is 9.59 Å². The smallest absolute Gasteiger partial charge is 0.272 e. The number of hydrogen-bond donors (Lipinski definition) is 2. The highest BCUT2D eigenvalue weighted by Crippen LogP contribution is 2.29. The van der Waals surface area contributed by atoms with E-state index < -0.39 is 11.9 Å². The number of anilines is 1. The lowest BCUT2D eigenvalue weighted by atomic mass is 10.1. The normalized spacial score (nSPS) is 16.1. The van der Waals surface area contributed by atoms with Gasteiger partial charge in [-0.1, -0.05) is 42.5 Å². The number of H-pyrrole nitrogens is 1. The summed E-state index contributed by atoms with van der Waals surface area (Å²) in [6.45, 7) is 0.0627. The van der Waals surface area contributed by atoms with Gasteiger partial charge in [0, 0.05) is 19.2 Å². The molecule has 142 valence electrons. The third-order valence-corrected chi connectivity index (χ3v) is 4.67. The summed E-state index contributed by atoms with van der Waals surface area (Å²) in [7, 11) is 1.67. The van der Waals surface area contributed by atoms with Gasteiger partial charge in [-0.15, -0.1) is 0 Å². The molecule has 7 heteroatoms. The molecule has 28 heavy (non-hydrogen) atoms. The number of nitrogens with zero attached hydrogens (tertiary/aromatic N) is 2. The number of amides is 2. The van der Waals surface area contributed by atoms with Crippen LogP contribution in [0.4, 0.5) is 5.69 Å². The number of carbonyl (C=O) groups is 2. The Balaban J connectivity index is 1.45. The number of likely N-dealkylation sites (N-methyl/N-ethyl adjacent to an activating group) is 1. The molecule has 0 saturated carbocycles. The Morgan fingerprint density at radius 2 is 1.96 bits per heavy atom. The summed E-state index contributed by atoms with van der Waals surface area (Å²) >= 11 is 0. The Labute approximate surface area is 162 Å². The lowest BCUT2D eigenvalue weighted by Gasteiger charge is -2.19. The maximum Gasteiger partial charge on any atom is 0.272 e. The summed E-state index contributed by atoms with van der Waals surface area (Å²) in [5, 5.41) is 9.69. The third kappa shape index (κ3) is 3.59. The van der Waals surface area contributed by atoms with Gasteiger partial charge in [-0.25, -0.2) is 0 Å². The molecule has 0 spiro atoms. The van der Waals surface area contributed by atoms with Gasteiger partial charge in [0.1, 0.15) is 24.1 Å². The molecule has 2 heterocycles. The number of benzene rings is 2. The molecule has 1 unspecified atom stereocenters. The molecule has 2 amide bonds. The number of hydrogen-bond acceptors (Lipinski definition) is 4. The van der Waals surface area contributed by atoms with E-state index in [1.807, 2.05) is 42.5 Å². The van der Waals surface area contributed by atoms with E-state index in [-0.39, 0.29) is 18.2 Å². The standard InChI is InChI=1S/C21H20N4O3/c1-25-18-9-5-6-10-19(18)28-13-17(21(25)27)22-20(26)16-12-15(23-24-16)11-14-7-3-2-4-8-14/h2-10,12,17H,11,13H2,1H3,(H,22,26)(H,23,24). The third-order valence-electron chi connectivity index (χ3n) is 4.67. The highest BCUT2D eigenvalue weighted by atomic mass is 16.5. The fraction of sp³-hybridized carbons (Fsp3) is 0.190. The lowest BCUT2D eigenvalue weighted by molar-refractivity contribution is -0.120. The van der Waals surface area contributed by atoms with E-state index in [0.717, 1.165) is 11.3 Å². The van der Waals surface area contributed by atoms with Gasteiger partial charge in [0.15, 0.2) is 0 Å². The number of fused-ring (bicyclic) bond motifs is 1. The van der Waals surface area contributed by atoms with Gasteiger partial charge < -0.3 is 15.0 Å². The Morgan fingerprint density at radius 1 is 1.21 bits per heavy atom. The Morgan fingerprint density at radius 3 is 2.79 bits per heavy atom. The van der Waals surface area contributed by atoms with Gasteiger partial charge in [-0.3, -0.25) is 14.7 Å². The van der Waals surface area contributed by atoms with Crippen molar-refractivity contribution < 1.29 is 14.3 Å². The molecule has 2 N–H and O–H groups in total. The van der Waals surface area contributed by atoms with E-state index in [1.165, 1.54) is 4.90 Å². The summed E-state index contributed by atoms with van der Waals surface area (Å²) in [5.74, 6) is -0.0461. The van der Waals surface area contributed by atoms with Crippen LogP contribution >= 0.6 is 0 Å². The minimum atomic E-state index is -0.792. The molecule has 0 aliphatic carbocycles. The zero-order valence-corrected chi connectivity index (χ0v) is 15.4. The van der Waals surface area contributed by atoms with Crippen molar-refractivity contribution in [2.24, 2.45) is 0 Å². The molecule has 1 aliphatic heterocycles. The number of rotatable bonds is 4. The van der Waals surface area contributed by atoms with Crippen LogP contribution in [-0.4, -0.2) is 41.7 Å². The van der Waals surface area contributed by atoms with E-state index >= 15 is 0 Å². The van der Waals surface area contributed by atoms with E-state index in [1.54, 1.807) is 25.2 Å². The van der Waals surface area contributed by atoms with Crippen LogP contribution in [0.1, 0.15) is 21.7 Å². The highest BCUT2D eigenvalue weighted by Gasteiger charge is 2.31. The SMILES string of the molecule is CN1C(=O)C(NC(=O)c2cc(Cc3ccccc3)[nH]n2)COc2ccccc21. The Kier molecular flexibility index (Phi) is 4.80. The average Bonchev–Trinajstić information content (AvgIpc) is 3.15. The topological polar surface area (TPSA) is 87.3 Å². The minimum absolute atomic E-state index is 0.0627. The van der Waals surface area contributed by atoms with Crippen LogP contribution < -0.4 is 15.0 Å². The molecular weight excluding hydrogens is 356 g/mol. The summed E-state index contributed by atoms with van der Waals surface area (Å²) < 4.78 is 5.72. The predicted molar refractivity (Wildman–Crippen MR) is 104 cm³/mol. The van der Waals surface area contributed by atoms with E-state index in [0.29, 0.717) is 17.9 Å². The van der Waals surface area contributed by atoms with Crippen LogP contribution in [0.5, 0.6) is 5.75 Å². The van der Waals surface area contributed by atoms with Crippen molar-refractivity contribution in [2.45, 2.75) is 12.5 Å². The summed E-state index contributed by atoms with van der Waals surface area (Å²) in [6, 6.07) is 18.1. The molecule has 4 rings (SSSR count). The lowest BCUT2D eigenvalue weighted by Crippen LogP contribution is -2.49. The van der Waals surface area contributed by atoms with Gasteiger partial charge in [0.05, 0.1) is 5.69 Å². The number of aromatic amines is 1. The molecule has 0 saturated heterocycles. The molecule has 1 aliphatic rings. The monoisotopic (exact) mass is 376 g/mol. The predicted octanol–water partition coefficient (Wildman–Crippen LogP) is 2.15. The van der Waals surface area contributed by atoms with Crippen LogP contribution in [0.25, 0.3) is 0 Å². The molecule has 0 radical (unpaired) electrons. The van der Waals surface area contributed by atoms with E-state index in [2.05, 4.69) is 15.5 Å². The molecule has 0 fully saturated rings. The second kappa shape index (κ2) is 7.56.